The smallest absolute Gasteiger partial charge is 0.308 e. The average molecular weight is 566 g/mol. The van der Waals surface area contributed by atoms with Crippen LogP contribution < -0.4 is 9.47 Å². The molecule has 3 heterocycles. The van der Waals surface area contributed by atoms with E-state index in [0.29, 0.717) is 62.6 Å². The van der Waals surface area contributed by atoms with Crippen LogP contribution in [-0.2, 0) is 16.1 Å². The van der Waals surface area contributed by atoms with Crippen molar-refractivity contribution in [1.82, 2.24) is 14.7 Å². The van der Waals surface area contributed by atoms with Crippen LogP contribution in [0.15, 0.2) is 42.5 Å². The summed E-state index contributed by atoms with van der Waals surface area (Å²) in [5.41, 5.74) is 2.49. The van der Waals surface area contributed by atoms with Gasteiger partial charge >= 0.3 is 5.97 Å². The molecule has 3 aliphatic rings. The lowest BCUT2D eigenvalue weighted by atomic mass is 9.84. The topological polar surface area (TPSA) is 120 Å². The third kappa shape index (κ3) is 6.18. The second-order valence-electron chi connectivity index (χ2n) is 11.1. The van der Waals surface area contributed by atoms with Gasteiger partial charge in [-0.1, -0.05) is 37.6 Å². The summed E-state index contributed by atoms with van der Waals surface area (Å²) in [6, 6.07) is 12.6. The largest absolute Gasteiger partial charge is 0.481 e. The molecule has 0 bridgehead atoms. The van der Waals surface area contributed by atoms with Gasteiger partial charge in [-0.2, -0.15) is 0 Å². The molecule has 10 heteroatoms. The SMILES string of the molecule is CCCCN(CCCO)C(=O)CN1CC(c2ccc3c(c2)OCO3)C(C(=O)O)C1CCN1Cc2ccccc2C1=O. The Kier molecular flexibility index (Phi) is 9.09. The van der Waals surface area contributed by atoms with E-state index in [2.05, 4.69) is 6.92 Å². The summed E-state index contributed by atoms with van der Waals surface area (Å²) in [5, 5.41) is 19.9. The molecular weight excluding hydrogens is 526 g/mol. The van der Waals surface area contributed by atoms with Gasteiger partial charge in [-0.3, -0.25) is 19.3 Å². The maximum absolute atomic E-state index is 13.5. The van der Waals surface area contributed by atoms with Crippen molar-refractivity contribution in [2.24, 2.45) is 5.92 Å². The normalized spacial score (nSPS) is 21.4. The molecule has 41 heavy (non-hydrogen) atoms. The number of carboxylic acid groups (broad SMARTS) is 1. The molecule has 10 nitrogen and oxygen atoms in total. The fraction of sp³-hybridized carbons (Fsp3) is 0.516. The number of carboxylic acids is 1. The number of benzene rings is 2. The zero-order valence-corrected chi connectivity index (χ0v) is 23.5. The van der Waals surface area contributed by atoms with Crippen LogP contribution >= 0.6 is 0 Å². The lowest BCUT2D eigenvalue weighted by molar-refractivity contribution is -0.144. The first kappa shape index (κ1) is 28.9. The number of fused-ring (bicyclic) bond motifs is 2. The number of aliphatic hydroxyl groups excluding tert-OH is 1. The quantitative estimate of drug-likeness (QED) is 0.381. The summed E-state index contributed by atoms with van der Waals surface area (Å²) in [6.07, 6.45) is 2.72. The molecule has 0 spiro atoms. The predicted molar refractivity (Wildman–Crippen MR) is 151 cm³/mol. The van der Waals surface area contributed by atoms with Gasteiger partial charge in [-0.25, -0.2) is 0 Å². The van der Waals surface area contributed by atoms with E-state index in [1.54, 1.807) is 15.9 Å². The third-order valence-corrected chi connectivity index (χ3v) is 8.51. The van der Waals surface area contributed by atoms with Crippen molar-refractivity contribution in [2.45, 2.75) is 51.1 Å². The van der Waals surface area contributed by atoms with Gasteiger partial charge in [-0.05, 0) is 48.6 Å². The fourth-order valence-electron chi connectivity index (χ4n) is 6.36. The summed E-state index contributed by atoms with van der Waals surface area (Å²) >= 11 is 0. The maximum Gasteiger partial charge on any atom is 0.308 e. The number of aliphatic hydroxyl groups is 1. The lowest BCUT2D eigenvalue weighted by Crippen LogP contribution is -2.45. The second-order valence-corrected chi connectivity index (χ2v) is 11.1. The number of ether oxygens (including phenoxy) is 2. The van der Waals surface area contributed by atoms with Gasteiger partial charge in [0.2, 0.25) is 12.7 Å². The number of nitrogens with zero attached hydrogens (tertiary/aromatic N) is 3. The van der Waals surface area contributed by atoms with Gasteiger partial charge in [0.05, 0.1) is 12.5 Å². The van der Waals surface area contributed by atoms with Gasteiger partial charge in [0.15, 0.2) is 11.5 Å². The summed E-state index contributed by atoms with van der Waals surface area (Å²) in [6.45, 7) is 4.62. The highest BCUT2D eigenvalue weighted by molar-refractivity contribution is 5.98. The molecule has 0 aromatic heterocycles. The van der Waals surface area contributed by atoms with E-state index < -0.39 is 17.9 Å². The molecule has 1 saturated heterocycles. The summed E-state index contributed by atoms with van der Waals surface area (Å²) in [5.74, 6) is -0.964. The molecule has 3 aliphatic heterocycles. The van der Waals surface area contributed by atoms with E-state index >= 15 is 0 Å². The van der Waals surface area contributed by atoms with Crippen LogP contribution in [0.1, 0.15) is 60.0 Å². The summed E-state index contributed by atoms with van der Waals surface area (Å²) in [4.78, 5) is 45.0. The van der Waals surface area contributed by atoms with Gasteiger partial charge in [-0.15, -0.1) is 0 Å². The Balaban J connectivity index is 1.39. The molecule has 2 amide bonds. The molecule has 2 aromatic carbocycles. The molecule has 5 rings (SSSR count). The Labute approximate surface area is 240 Å². The Bertz CT molecular complexity index is 1260. The standard InChI is InChI=1S/C31H39N3O7/c1-2-3-12-32(13-6-15-35)28(36)19-34-18-24(21-9-10-26-27(16-21)41-20-40-26)29(31(38)39)25(34)11-14-33-17-22-7-4-5-8-23(22)30(33)37/h4-5,7-10,16,24-25,29,35H,2-3,6,11-15,17-20H2,1H3,(H,38,39). The number of likely N-dealkylation sites (tertiary alicyclic amines) is 1. The molecule has 2 N–H and O–H groups in total. The van der Waals surface area contributed by atoms with Crippen molar-refractivity contribution in [3.05, 3.63) is 59.2 Å². The number of carbonyl (C=O) groups excluding carboxylic acids is 2. The Morgan fingerprint density at radius 1 is 1.07 bits per heavy atom. The van der Waals surface area contributed by atoms with E-state index in [9.17, 15) is 24.6 Å². The van der Waals surface area contributed by atoms with Crippen molar-refractivity contribution >= 4 is 17.8 Å². The molecule has 0 aliphatic carbocycles. The molecule has 0 saturated carbocycles. The van der Waals surface area contributed by atoms with Gasteiger partial charge < -0.3 is 29.5 Å². The van der Waals surface area contributed by atoms with E-state index in [-0.39, 0.29) is 37.7 Å². The molecule has 220 valence electrons. The Morgan fingerprint density at radius 2 is 1.85 bits per heavy atom. The van der Waals surface area contributed by atoms with Crippen LogP contribution in [-0.4, -0.2) is 94.9 Å². The van der Waals surface area contributed by atoms with Crippen molar-refractivity contribution in [3.63, 3.8) is 0 Å². The van der Waals surface area contributed by atoms with Crippen LogP contribution in [0.3, 0.4) is 0 Å². The molecule has 1 fully saturated rings. The van der Waals surface area contributed by atoms with E-state index in [1.165, 1.54) is 0 Å². The van der Waals surface area contributed by atoms with E-state index in [1.807, 2.05) is 41.3 Å². The minimum atomic E-state index is -0.924. The first-order valence-corrected chi connectivity index (χ1v) is 14.5. The number of unbranched alkanes of at least 4 members (excludes halogenated alkanes) is 1. The van der Waals surface area contributed by atoms with Gasteiger partial charge in [0.25, 0.3) is 5.91 Å². The van der Waals surface area contributed by atoms with Crippen molar-refractivity contribution < 1.29 is 34.1 Å². The monoisotopic (exact) mass is 565 g/mol. The van der Waals surface area contributed by atoms with E-state index in [0.717, 1.165) is 24.0 Å². The fourth-order valence-corrected chi connectivity index (χ4v) is 6.36. The highest BCUT2D eigenvalue weighted by Crippen LogP contribution is 2.43. The highest BCUT2D eigenvalue weighted by Gasteiger charge is 2.47. The van der Waals surface area contributed by atoms with Crippen molar-refractivity contribution in [2.75, 3.05) is 46.1 Å². The zero-order valence-electron chi connectivity index (χ0n) is 23.5. The van der Waals surface area contributed by atoms with Crippen molar-refractivity contribution in [1.29, 1.82) is 0 Å². The first-order valence-electron chi connectivity index (χ1n) is 14.5. The predicted octanol–water partition coefficient (Wildman–Crippen LogP) is 2.94. The molecular formula is C31H39N3O7. The molecule has 3 unspecified atom stereocenters. The van der Waals surface area contributed by atoms with Gasteiger partial charge in [0.1, 0.15) is 0 Å². The van der Waals surface area contributed by atoms with Crippen LogP contribution in [0, 0.1) is 5.92 Å². The molecule has 0 radical (unpaired) electrons. The number of carbonyl (C=O) groups is 3. The minimum Gasteiger partial charge on any atom is -0.481 e. The number of amides is 2. The van der Waals surface area contributed by atoms with Gasteiger partial charge in [0, 0.05) is 56.9 Å². The van der Waals surface area contributed by atoms with Crippen LogP contribution in [0.25, 0.3) is 0 Å². The molecule has 3 atom stereocenters. The number of hydrogen-bond acceptors (Lipinski definition) is 7. The lowest BCUT2D eigenvalue weighted by Gasteiger charge is -2.30. The Morgan fingerprint density at radius 3 is 2.61 bits per heavy atom. The Hall–Kier alpha value is -3.63. The van der Waals surface area contributed by atoms with Crippen LogP contribution in [0.2, 0.25) is 0 Å². The minimum absolute atomic E-state index is 0.00176. The van der Waals surface area contributed by atoms with Crippen LogP contribution in [0.4, 0.5) is 0 Å². The number of hydrogen-bond donors (Lipinski definition) is 2. The summed E-state index contributed by atoms with van der Waals surface area (Å²) in [7, 11) is 0. The summed E-state index contributed by atoms with van der Waals surface area (Å²) < 4.78 is 11.0. The highest BCUT2D eigenvalue weighted by atomic mass is 16.7. The zero-order chi connectivity index (χ0) is 28.9. The maximum atomic E-state index is 13.5. The second kappa shape index (κ2) is 12.9. The average Bonchev–Trinajstić information content (AvgIpc) is 3.67. The van der Waals surface area contributed by atoms with Crippen LogP contribution in [0.5, 0.6) is 11.5 Å². The molecule has 2 aromatic rings. The number of rotatable bonds is 13. The first-order chi connectivity index (χ1) is 19.9. The number of aliphatic carboxylic acids is 1. The van der Waals surface area contributed by atoms with E-state index in [4.69, 9.17) is 9.47 Å². The third-order valence-electron chi connectivity index (χ3n) is 8.51. The van der Waals surface area contributed by atoms with Crippen molar-refractivity contribution in [3.8, 4) is 11.5 Å².